The number of hydrogen-bond donors (Lipinski definition) is 3. The van der Waals surface area contributed by atoms with Gasteiger partial charge < -0.3 is 14.6 Å². The third kappa shape index (κ3) is 7.32. The minimum atomic E-state index is -1.38. The molecule has 0 bridgehead atoms. The highest BCUT2D eigenvalue weighted by Crippen LogP contribution is 2.43. The molecule has 1 amide bonds. The van der Waals surface area contributed by atoms with Gasteiger partial charge >= 0.3 is 0 Å². The molecule has 0 aliphatic carbocycles. The summed E-state index contributed by atoms with van der Waals surface area (Å²) in [5.41, 5.74) is 16.7. The van der Waals surface area contributed by atoms with Crippen LogP contribution in [-0.2, 0) is 22.5 Å². The summed E-state index contributed by atoms with van der Waals surface area (Å²) in [6.45, 7) is 4.98. The lowest BCUT2D eigenvalue weighted by Crippen LogP contribution is -2.53. The van der Waals surface area contributed by atoms with Gasteiger partial charge in [-0.15, -0.1) is 6.58 Å². The second-order valence-electron chi connectivity index (χ2n) is 9.49. The van der Waals surface area contributed by atoms with Gasteiger partial charge in [0.05, 0.1) is 13.2 Å². The Morgan fingerprint density at radius 1 is 1.15 bits per heavy atom. The van der Waals surface area contributed by atoms with Gasteiger partial charge in [0.2, 0.25) is 5.90 Å². The molecule has 10 heteroatoms. The van der Waals surface area contributed by atoms with Gasteiger partial charge in [0, 0.05) is 36.5 Å². The van der Waals surface area contributed by atoms with Crippen LogP contribution in [0.15, 0.2) is 102 Å². The Kier molecular flexibility index (Phi) is 10.5. The Labute approximate surface area is 239 Å². The Bertz CT molecular complexity index is 1390. The van der Waals surface area contributed by atoms with Crippen LogP contribution in [0.1, 0.15) is 41.2 Å². The molecular formula is C31H34N6O4. The molecule has 10 nitrogen and oxygen atoms in total. The number of rotatable bonds is 15. The van der Waals surface area contributed by atoms with Crippen LogP contribution in [0.3, 0.4) is 0 Å². The third-order valence-corrected chi connectivity index (χ3v) is 6.71. The van der Waals surface area contributed by atoms with E-state index in [1.165, 1.54) is 0 Å². The third-order valence-electron chi connectivity index (χ3n) is 6.71. The summed E-state index contributed by atoms with van der Waals surface area (Å²) in [5.74, 6) is 0.583. The van der Waals surface area contributed by atoms with Crippen LogP contribution in [0.2, 0.25) is 0 Å². The van der Waals surface area contributed by atoms with Gasteiger partial charge in [-0.25, -0.2) is 10.4 Å². The molecule has 3 aromatic carbocycles. The minimum absolute atomic E-state index is 0.0554. The fourth-order valence-electron chi connectivity index (χ4n) is 4.66. The van der Waals surface area contributed by atoms with Crippen molar-refractivity contribution in [3.05, 3.63) is 124 Å². The molecule has 212 valence electrons. The van der Waals surface area contributed by atoms with Gasteiger partial charge in [-0.05, 0) is 52.9 Å². The second-order valence-corrected chi connectivity index (χ2v) is 9.49. The molecule has 0 fully saturated rings. The number of carbonyl (C=O) groups excluding carboxylic acids is 1. The normalized spacial score (nSPS) is 17.6. The maximum absolute atomic E-state index is 13.9. The first-order valence-corrected chi connectivity index (χ1v) is 13.5. The number of nitrogens with one attached hydrogen (secondary N) is 2. The molecular weight excluding hydrogens is 520 g/mol. The number of aliphatic hydroxyl groups is 1. The molecule has 0 saturated carbocycles. The maximum Gasteiger partial charge on any atom is 0.266 e. The zero-order valence-corrected chi connectivity index (χ0v) is 22.8. The highest BCUT2D eigenvalue weighted by Gasteiger charge is 2.53. The summed E-state index contributed by atoms with van der Waals surface area (Å²) in [6, 6.07) is 24.6. The van der Waals surface area contributed by atoms with Crippen LogP contribution in [0.5, 0.6) is 5.75 Å². The SMILES string of the molecule is C=CC[C@]1(C(=O)NNCCc2ccccc2)N=C(c2ccc(OCCCO)cc2)O[C@H]1c1ccccc1CN=[N+]=[N-]. The lowest BCUT2D eigenvalue weighted by atomic mass is 9.83. The van der Waals surface area contributed by atoms with Crippen LogP contribution in [0, 0.1) is 0 Å². The number of aliphatic hydroxyl groups excluding tert-OH is 1. The predicted octanol–water partition coefficient (Wildman–Crippen LogP) is 4.95. The summed E-state index contributed by atoms with van der Waals surface area (Å²) in [5, 5.41) is 12.7. The molecule has 0 spiro atoms. The van der Waals surface area contributed by atoms with Crippen molar-refractivity contribution in [3.8, 4) is 5.75 Å². The van der Waals surface area contributed by atoms with Crippen molar-refractivity contribution in [2.24, 2.45) is 10.1 Å². The highest BCUT2D eigenvalue weighted by molar-refractivity contribution is 6.01. The average molecular weight is 555 g/mol. The van der Waals surface area contributed by atoms with E-state index in [1.807, 2.05) is 66.7 Å². The summed E-state index contributed by atoms with van der Waals surface area (Å²) in [6.07, 6.45) is 2.31. The molecule has 0 saturated heterocycles. The van der Waals surface area contributed by atoms with Gasteiger partial charge in [-0.2, -0.15) is 0 Å². The van der Waals surface area contributed by atoms with E-state index in [9.17, 15) is 4.79 Å². The number of carbonyl (C=O) groups is 1. The Balaban J connectivity index is 1.64. The second kappa shape index (κ2) is 14.7. The van der Waals surface area contributed by atoms with E-state index in [0.717, 1.165) is 17.5 Å². The van der Waals surface area contributed by atoms with E-state index in [4.69, 9.17) is 25.1 Å². The van der Waals surface area contributed by atoms with Gasteiger partial charge in [0.25, 0.3) is 5.91 Å². The maximum atomic E-state index is 13.9. The Hall–Kier alpha value is -4.63. The first-order valence-electron chi connectivity index (χ1n) is 13.5. The van der Waals surface area contributed by atoms with Crippen molar-refractivity contribution in [1.82, 2.24) is 10.9 Å². The van der Waals surface area contributed by atoms with E-state index >= 15 is 0 Å². The molecule has 0 unspecified atom stereocenters. The van der Waals surface area contributed by atoms with Gasteiger partial charge in [-0.1, -0.05) is 65.8 Å². The van der Waals surface area contributed by atoms with E-state index in [-0.39, 0.29) is 25.5 Å². The smallest absolute Gasteiger partial charge is 0.266 e. The highest BCUT2D eigenvalue weighted by atomic mass is 16.5. The molecule has 1 aliphatic heterocycles. The van der Waals surface area contributed by atoms with Crippen molar-refractivity contribution >= 4 is 11.8 Å². The van der Waals surface area contributed by atoms with Crippen molar-refractivity contribution in [1.29, 1.82) is 0 Å². The average Bonchev–Trinajstić information content (AvgIpc) is 3.40. The lowest BCUT2D eigenvalue weighted by Gasteiger charge is -2.30. The number of azide groups is 1. The van der Waals surface area contributed by atoms with Crippen molar-refractivity contribution in [2.75, 3.05) is 19.8 Å². The molecule has 3 aromatic rings. The van der Waals surface area contributed by atoms with Crippen molar-refractivity contribution in [3.63, 3.8) is 0 Å². The van der Waals surface area contributed by atoms with Gasteiger partial charge in [0.1, 0.15) is 5.75 Å². The number of aliphatic imine (C=N–C) groups is 1. The van der Waals surface area contributed by atoms with Crippen LogP contribution >= 0.6 is 0 Å². The standard InChI is InChI=1S/C31H34N6O4/c1-2-18-31(30(39)36-33-19-17-23-9-4-3-5-10-23)28(27-12-7-6-11-25(27)22-34-37-32)41-29(35-31)24-13-15-26(16-14-24)40-21-8-20-38/h2-7,9-16,28,33,38H,1,8,17-22H2,(H,36,39)/t28-,31-/m0/s1. The van der Waals surface area contributed by atoms with Crippen LogP contribution < -0.4 is 15.6 Å². The monoisotopic (exact) mass is 554 g/mol. The van der Waals surface area contributed by atoms with E-state index in [1.54, 1.807) is 18.2 Å². The number of benzene rings is 3. The number of amides is 1. The minimum Gasteiger partial charge on any atom is -0.494 e. The van der Waals surface area contributed by atoms with Crippen molar-refractivity contribution in [2.45, 2.75) is 37.5 Å². The molecule has 0 aromatic heterocycles. The largest absolute Gasteiger partial charge is 0.494 e. The zero-order valence-electron chi connectivity index (χ0n) is 22.8. The molecule has 4 rings (SSSR count). The quantitative estimate of drug-likeness (QED) is 0.0608. The molecule has 1 heterocycles. The fourth-order valence-corrected chi connectivity index (χ4v) is 4.66. The fraction of sp³-hybridized carbons (Fsp3) is 0.290. The summed E-state index contributed by atoms with van der Waals surface area (Å²) in [4.78, 5) is 21.7. The Morgan fingerprint density at radius 3 is 2.63 bits per heavy atom. The number of ether oxygens (including phenoxy) is 2. The molecule has 2 atom stereocenters. The predicted molar refractivity (Wildman–Crippen MR) is 157 cm³/mol. The Morgan fingerprint density at radius 2 is 1.90 bits per heavy atom. The topological polar surface area (TPSA) is 141 Å². The van der Waals surface area contributed by atoms with Crippen molar-refractivity contribution < 1.29 is 19.4 Å². The van der Waals surface area contributed by atoms with E-state index in [0.29, 0.717) is 42.3 Å². The van der Waals surface area contributed by atoms with Crippen LogP contribution in [-0.4, -0.2) is 42.2 Å². The zero-order chi connectivity index (χ0) is 28.9. The summed E-state index contributed by atoms with van der Waals surface area (Å²) >= 11 is 0. The first-order chi connectivity index (χ1) is 20.1. The summed E-state index contributed by atoms with van der Waals surface area (Å²) < 4.78 is 12.1. The molecule has 0 radical (unpaired) electrons. The number of nitrogens with zero attached hydrogens (tertiary/aromatic N) is 4. The van der Waals surface area contributed by atoms with Crippen LogP contribution in [0.25, 0.3) is 10.4 Å². The first kappa shape index (κ1) is 29.4. The molecule has 3 N–H and O–H groups in total. The van der Waals surface area contributed by atoms with Crippen LogP contribution in [0.4, 0.5) is 0 Å². The van der Waals surface area contributed by atoms with Gasteiger partial charge in [0.15, 0.2) is 11.6 Å². The number of hydrazine groups is 1. The molecule has 1 aliphatic rings. The lowest BCUT2D eigenvalue weighted by molar-refractivity contribution is -0.129. The van der Waals surface area contributed by atoms with E-state index < -0.39 is 11.6 Å². The summed E-state index contributed by atoms with van der Waals surface area (Å²) in [7, 11) is 0. The van der Waals surface area contributed by atoms with Gasteiger partial charge in [-0.3, -0.25) is 10.2 Å². The molecule has 41 heavy (non-hydrogen) atoms. The van der Waals surface area contributed by atoms with E-state index in [2.05, 4.69) is 27.5 Å². The number of hydrogen-bond acceptors (Lipinski definition) is 7.